The van der Waals surface area contributed by atoms with Crippen molar-refractivity contribution in [3.05, 3.63) is 103 Å². The van der Waals surface area contributed by atoms with Gasteiger partial charge in [0, 0.05) is 15.6 Å². The number of ketones is 1. The van der Waals surface area contributed by atoms with Crippen molar-refractivity contribution in [2.45, 2.75) is 0 Å². The molecular formula is C24H14Br3NO4. The lowest BCUT2D eigenvalue weighted by Crippen LogP contribution is -2.12. The number of carbonyl (C=O) groups is 2. The first kappa shape index (κ1) is 22.6. The second kappa shape index (κ2) is 9.94. The van der Waals surface area contributed by atoms with Gasteiger partial charge in [0.2, 0.25) is 5.90 Å². The van der Waals surface area contributed by atoms with Crippen molar-refractivity contribution in [1.82, 2.24) is 0 Å². The van der Waals surface area contributed by atoms with Crippen LogP contribution in [0.2, 0.25) is 0 Å². The number of carbonyl (C=O) groups excluding carboxylic acids is 2. The molecule has 0 spiro atoms. The number of cyclic esters (lactones) is 1. The number of hydrogen-bond donors (Lipinski definition) is 0. The van der Waals surface area contributed by atoms with Crippen LogP contribution < -0.4 is 4.74 Å². The summed E-state index contributed by atoms with van der Waals surface area (Å²) in [6.45, 7) is -0.102. The van der Waals surface area contributed by atoms with Crippen molar-refractivity contribution in [3.8, 4) is 5.75 Å². The molecule has 0 amide bonds. The molecule has 3 aromatic carbocycles. The number of Topliss-reactive ketones (excluding diaryl/α,β-unsaturated/α-hetero) is 1. The molecular weight excluding hydrogens is 606 g/mol. The lowest BCUT2D eigenvalue weighted by atomic mass is 10.1. The number of nitrogens with zero attached hydrogens (tertiary/aromatic N) is 1. The van der Waals surface area contributed by atoms with Crippen LogP contribution in [-0.4, -0.2) is 24.3 Å². The fourth-order valence-electron chi connectivity index (χ4n) is 2.93. The van der Waals surface area contributed by atoms with Crippen LogP contribution >= 0.6 is 47.8 Å². The summed E-state index contributed by atoms with van der Waals surface area (Å²) in [7, 11) is 0. The zero-order valence-corrected chi connectivity index (χ0v) is 21.1. The summed E-state index contributed by atoms with van der Waals surface area (Å²) in [5.74, 6) is 0.0961. The molecule has 0 aliphatic carbocycles. The van der Waals surface area contributed by atoms with Crippen molar-refractivity contribution >= 4 is 71.5 Å². The van der Waals surface area contributed by atoms with Crippen molar-refractivity contribution in [2.24, 2.45) is 4.99 Å². The third-order valence-electron chi connectivity index (χ3n) is 4.48. The van der Waals surface area contributed by atoms with Crippen molar-refractivity contribution < 1.29 is 19.1 Å². The maximum atomic E-state index is 12.3. The number of esters is 1. The molecule has 0 saturated heterocycles. The molecule has 8 heteroatoms. The predicted octanol–water partition coefficient (Wildman–Crippen LogP) is 6.58. The highest BCUT2D eigenvalue weighted by atomic mass is 79.9. The molecule has 0 radical (unpaired) electrons. The number of halogens is 3. The van der Waals surface area contributed by atoms with Gasteiger partial charge < -0.3 is 9.47 Å². The Balaban J connectivity index is 1.52. The molecule has 160 valence electrons. The van der Waals surface area contributed by atoms with Gasteiger partial charge in [-0.05, 0) is 79.9 Å². The molecule has 0 unspecified atom stereocenters. The Bertz CT molecular complexity index is 1230. The highest BCUT2D eigenvalue weighted by molar-refractivity contribution is 9.11. The topological polar surface area (TPSA) is 65.0 Å². The van der Waals surface area contributed by atoms with E-state index in [9.17, 15) is 9.59 Å². The van der Waals surface area contributed by atoms with Gasteiger partial charge in [-0.2, -0.15) is 0 Å². The van der Waals surface area contributed by atoms with E-state index in [2.05, 4.69) is 52.8 Å². The summed E-state index contributed by atoms with van der Waals surface area (Å²) < 4.78 is 13.2. The largest absolute Gasteiger partial charge is 0.483 e. The summed E-state index contributed by atoms with van der Waals surface area (Å²) >= 11 is 10.3. The molecule has 4 rings (SSSR count). The van der Waals surface area contributed by atoms with E-state index in [4.69, 9.17) is 9.47 Å². The third kappa shape index (κ3) is 5.26. The van der Waals surface area contributed by atoms with Crippen LogP contribution in [0.3, 0.4) is 0 Å². The number of ether oxygens (including phenoxy) is 2. The Labute approximate surface area is 209 Å². The van der Waals surface area contributed by atoms with E-state index in [-0.39, 0.29) is 24.0 Å². The maximum absolute atomic E-state index is 12.3. The lowest BCUT2D eigenvalue weighted by Gasteiger charge is -2.11. The summed E-state index contributed by atoms with van der Waals surface area (Å²) in [5, 5.41) is 0. The van der Waals surface area contributed by atoms with E-state index in [0.717, 1.165) is 4.47 Å². The molecule has 0 saturated carbocycles. The van der Waals surface area contributed by atoms with E-state index >= 15 is 0 Å². The fraction of sp³-hybridized carbons (Fsp3) is 0.0417. The molecule has 0 N–H and O–H groups in total. The van der Waals surface area contributed by atoms with Gasteiger partial charge in [0.25, 0.3) is 0 Å². The van der Waals surface area contributed by atoms with E-state index in [1.165, 1.54) is 0 Å². The Morgan fingerprint density at radius 3 is 2.28 bits per heavy atom. The minimum atomic E-state index is -0.524. The summed E-state index contributed by atoms with van der Waals surface area (Å²) in [5.41, 5.74) is 2.19. The molecule has 1 aliphatic rings. The van der Waals surface area contributed by atoms with Gasteiger partial charge in [-0.3, -0.25) is 4.79 Å². The molecule has 3 aromatic rings. The normalized spacial score (nSPS) is 14.3. The Hall–Kier alpha value is -2.55. The number of benzene rings is 3. The SMILES string of the molecule is O=C1OC(c2ccc(Br)cc2)=N/C1=C\c1cc(Br)c(OCC(=O)c2ccccc2)c(Br)c1. The minimum absolute atomic E-state index is 0.102. The quantitative estimate of drug-likeness (QED) is 0.178. The zero-order valence-electron chi connectivity index (χ0n) is 16.3. The molecule has 1 heterocycles. The zero-order chi connectivity index (χ0) is 22.7. The average Bonchev–Trinajstić information content (AvgIpc) is 3.14. The van der Waals surface area contributed by atoms with Crippen molar-refractivity contribution in [2.75, 3.05) is 6.61 Å². The monoisotopic (exact) mass is 617 g/mol. The van der Waals surface area contributed by atoms with Crippen molar-refractivity contribution in [1.29, 1.82) is 0 Å². The maximum Gasteiger partial charge on any atom is 0.363 e. The number of hydrogen-bond acceptors (Lipinski definition) is 5. The van der Waals surface area contributed by atoms with Crippen LogP contribution in [0.15, 0.2) is 90.8 Å². The van der Waals surface area contributed by atoms with Crippen LogP contribution in [0.25, 0.3) is 6.08 Å². The van der Waals surface area contributed by atoms with E-state index in [1.54, 1.807) is 42.5 Å². The highest BCUT2D eigenvalue weighted by Crippen LogP contribution is 2.36. The fourth-order valence-corrected chi connectivity index (χ4v) is 4.64. The molecule has 32 heavy (non-hydrogen) atoms. The number of rotatable bonds is 6. The first-order valence-electron chi connectivity index (χ1n) is 9.39. The first-order chi connectivity index (χ1) is 15.4. The van der Waals surface area contributed by atoms with Gasteiger partial charge in [-0.1, -0.05) is 46.3 Å². The van der Waals surface area contributed by atoms with Crippen LogP contribution in [0.5, 0.6) is 5.75 Å². The van der Waals surface area contributed by atoms with Crippen molar-refractivity contribution in [3.63, 3.8) is 0 Å². The molecule has 0 bridgehead atoms. The van der Waals surface area contributed by atoms with E-state index in [1.807, 2.05) is 30.3 Å². The van der Waals surface area contributed by atoms with Gasteiger partial charge in [0.05, 0.1) is 8.95 Å². The van der Waals surface area contributed by atoms with Crippen LogP contribution in [0.4, 0.5) is 0 Å². The lowest BCUT2D eigenvalue weighted by molar-refractivity contribution is -0.129. The van der Waals surface area contributed by atoms with Gasteiger partial charge in [-0.15, -0.1) is 0 Å². The van der Waals surface area contributed by atoms with Crippen LogP contribution in [-0.2, 0) is 9.53 Å². The summed E-state index contributed by atoms with van der Waals surface area (Å²) in [4.78, 5) is 28.9. The molecule has 0 atom stereocenters. The molecule has 1 aliphatic heterocycles. The Morgan fingerprint density at radius 1 is 0.969 bits per heavy atom. The standard InChI is InChI=1S/C24H14Br3NO4/c25-17-8-6-16(7-9-17)23-28-20(24(30)32-23)12-14-10-18(26)22(19(27)11-14)31-13-21(29)15-4-2-1-3-5-15/h1-12H,13H2/b20-12-. The van der Waals surface area contributed by atoms with Gasteiger partial charge >= 0.3 is 5.97 Å². The van der Waals surface area contributed by atoms with Crippen LogP contribution in [0, 0.1) is 0 Å². The number of aliphatic imine (C=N–C) groups is 1. The molecule has 0 aromatic heterocycles. The molecule has 0 fully saturated rings. The highest BCUT2D eigenvalue weighted by Gasteiger charge is 2.24. The van der Waals surface area contributed by atoms with Gasteiger partial charge in [0.15, 0.2) is 18.1 Å². The predicted molar refractivity (Wildman–Crippen MR) is 133 cm³/mol. The minimum Gasteiger partial charge on any atom is -0.483 e. The van der Waals surface area contributed by atoms with Crippen LogP contribution in [0.1, 0.15) is 21.5 Å². The Kier molecular flexibility index (Phi) is 7.03. The second-order valence-corrected chi connectivity index (χ2v) is 9.36. The molecule has 5 nitrogen and oxygen atoms in total. The smallest absolute Gasteiger partial charge is 0.363 e. The third-order valence-corrected chi connectivity index (χ3v) is 6.19. The van der Waals surface area contributed by atoms with E-state index < -0.39 is 5.97 Å². The van der Waals surface area contributed by atoms with Gasteiger partial charge in [-0.25, -0.2) is 9.79 Å². The second-order valence-electron chi connectivity index (χ2n) is 6.73. The summed E-state index contributed by atoms with van der Waals surface area (Å²) in [6.07, 6.45) is 1.63. The summed E-state index contributed by atoms with van der Waals surface area (Å²) in [6, 6.07) is 19.8. The Morgan fingerprint density at radius 2 is 1.62 bits per heavy atom. The van der Waals surface area contributed by atoms with E-state index in [0.29, 0.717) is 31.4 Å². The first-order valence-corrected chi connectivity index (χ1v) is 11.8. The van der Waals surface area contributed by atoms with Gasteiger partial charge in [0.1, 0.15) is 5.75 Å². The average molecular weight is 620 g/mol.